The van der Waals surface area contributed by atoms with E-state index in [1.165, 1.54) is 12.1 Å². The Bertz CT molecular complexity index is 665. The summed E-state index contributed by atoms with van der Waals surface area (Å²) >= 11 is 0. The fourth-order valence-electron chi connectivity index (χ4n) is 2.24. The Balaban J connectivity index is 1.89. The molecule has 2 aromatic rings. The van der Waals surface area contributed by atoms with Gasteiger partial charge in [0.05, 0.1) is 19.3 Å². The fourth-order valence-corrected chi connectivity index (χ4v) is 2.24. The van der Waals surface area contributed by atoms with Gasteiger partial charge in [0, 0.05) is 6.54 Å². The quantitative estimate of drug-likeness (QED) is 0.730. The van der Waals surface area contributed by atoms with Gasteiger partial charge in [0.25, 0.3) is 0 Å². The zero-order valence-corrected chi connectivity index (χ0v) is 13.5. The molecule has 2 rings (SSSR count). The second-order valence-electron chi connectivity index (χ2n) is 5.17. The van der Waals surface area contributed by atoms with E-state index >= 15 is 0 Å². The third-order valence-corrected chi connectivity index (χ3v) is 3.44. The first-order valence-electron chi connectivity index (χ1n) is 7.75. The van der Waals surface area contributed by atoms with Gasteiger partial charge < -0.3 is 20.5 Å². The lowest BCUT2D eigenvalue weighted by molar-refractivity contribution is 0.216. The van der Waals surface area contributed by atoms with Crippen molar-refractivity contribution in [2.24, 2.45) is 0 Å². The van der Waals surface area contributed by atoms with Gasteiger partial charge in [0.1, 0.15) is 0 Å². The average molecular weight is 332 g/mol. The van der Waals surface area contributed by atoms with E-state index < -0.39 is 17.9 Å². The van der Waals surface area contributed by atoms with Gasteiger partial charge in [-0.1, -0.05) is 36.4 Å². The molecule has 0 spiro atoms. The van der Waals surface area contributed by atoms with E-state index in [0.717, 1.165) is 5.56 Å². The SMILES string of the molecule is CCOc1ccc(CNC(=O)NC(CO)c2ccccc2)cc1F. The topological polar surface area (TPSA) is 70.6 Å². The lowest BCUT2D eigenvalue weighted by atomic mass is 10.1. The van der Waals surface area contributed by atoms with Crippen LogP contribution in [0.15, 0.2) is 48.5 Å². The summed E-state index contributed by atoms with van der Waals surface area (Å²) in [7, 11) is 0. The van der Waals surface area contributed by atoms with Gasteiger partial charge >= 0.3 is 6.03 Å². The van der Waals surface area contributed by atoms with Crippen LogP contribution >= 0.6 is 0 Å². The number of rotatable bonds is 7. The highest BCUT2D eigenvalue weighted by Crippen LogP contribution is 2.18. The van der Waals surface area contributed by atoms with Crippen molar-refractivity contribution in [2.75, 3.05) is 13.2 Å². The predicted molar refractivity (Wildman–Crippen MR) is 89.2 cm³/mol. The molecule has 6 heteroatoms. The zero-order chi connectivity index (χ0) is 17.4. The molecule has 1 atom stereocenters. The molecule has 0 aliphatic rings. The molecule has 0 aliphatic heterocycles. The lowest BCUT2D eigenvalue weighted by Gasteiger charge is -2.17. The number of hydrogen-bond acceptors (Lipinski definition) is 3. The molecule has 2 aromatic carbocycles. The Morgan fingerprint density at radius 2 is 2.00 bits per heavy atom. The van der Waals surface area contributed by atoms with Gasteiger partial charge in [-0.15, -0.1) is 0 Å². The van der Waals surface area contributed by atoms with Gasteiger partial charge in [-0.05, 0) is 30.2 Å². The van der Waals surface area contributed by atoms with E-state index in [1.807, 2.05) is 30.3 Å². The number of urea groups is 1. The molecule has 5 nitrogen and oxygen atoms in total. The predicted octanol–water partition coefficient (Wildman–Crippen LogP) is 2.76. The van der Waals surface area contributed by atoms with Gasteiger partial charge in [0.2, 0.25) is 0 Å². The minimum absolute atomic E-state index is 0.169. The molecule has 0 heterocycles. The number of benzene rings is 2. The van der Waals surface area contributed by atoms with Crippen molar-refractivity contribution >= 4 is 6.03 Å². The maximum Gasteiger partial charge on any atom is 0.315 e. The molecule has 3 N–H and O–H groups in total. The van der Waals surface area contributed by atoms with Crippen molar-refractivity contribution < 1.29 is 19.0 Å². The molecular weight excluding hydrogens is 311 g/mol. The lowest BCUT2D eigenvalue weighted by Crippen LogP contribution is -2.38. The maximum atomic E-state index is 13.8. The average Bonchev–Trinajstić information content (AvgIpc) is 2.61. The highest BCUT2D eigenvalue weighted by molar-refractivity contribution is 5.74. The number of carbonyl (C=O) groups excluding carboxylic acids is 1. The minimum atomic E-state index is -0.497. The third kappa shape index (κ3) is 4.96. The Labute approximate surface area is 140 Å². The monoisotopic (exact) mass is 332 g/mol. The first kappa shape index (κ1) is 17.7. The number of nitrogens with one attached hydrogen (secondary N) is 2. The molecule has 0 radical (unpaired) electrons. The van der Waals surface area contributed by atoms with E-state index in [1.54, 1.807) is 13.0 Å². The summed E-state index contributed by atoms with van der Waals surface area (Å²) in [6.07, 6.45) is 0. The summed E-state index contributed by atoms with van der Waals surface area (Å²) in [6.45, 7) is 2.12. The van der Waals surface area contributed by atoms with Crippen LogP contribution in [0.4, 0.5) is 9.18 Å². The molecule has 0 aliphatic carbocycles. The van der Waals surface area contributed by atoms with Gasteiger partial charge in [-0.3, -0.25) is 0 Å². The molecule has 0 fully saturated rings. The first-order chi connectivity index (χ1) is 11.6. The second-order valence-corrected chi connectivity index (χ2v) is 5.17. The van der Waals surface area contributed by atoms with Crippen LogP contribution in [-0.2, 0) is 6.54 Å². The molecule has 0 bridgehead atoms. The number of aliphatic hydroxyl groups excluding tert-OH is 1. The molecule has 0 aromatic heterocycles. The van der Waals surface area contributed by atoms with E-state index in [0.29, 0.717) is 12.2 Å². The van der Waals surface area contributed by atoms with Crippen molar-refractivity contribution in [1.82, 2.24) is 10.6 Å². The van der Waals surface area contributed by atoms with Crippen LogP contribution in [0, 0.1) is 5.82 Å². The van der Waals surface area contributed by atoms with Crippen molar-refractivity contribution in [2.45, 2.75) is 19.5 Å². The summed E-state index contributed by atoms with van der Waals surface area (Å²) in [4.78, 5) is 12.0. The van der Waals surface area contributed by atoms with E-state index in [9.17, 15) is 14.3 Å². The number of carbonyl (C=O) groups is 1. The second kappa shape index (κ2) is 8.88. The number of halogens is 1. The molecule has 2 amide bonds. The Hall–Kier alpha value is -2.60. The maximum absolute atomic E-state index is 13.8. The first-order valence-corrected chi connectivity index (χ1v) is 7.75. The number of aliphatic hydroxyl groups is 1. The Morgan fingerprint density at radius 3 is 2.62 bits per heavy atom. The van der Waals surface area contributed by atoms with Crippen LogP contribution in [0.25, 0.3) is 0 Å². The standard InChI is InChI=1S/C18H21FN2O3/c1-2-24-17-9-8-13(10-15(17)19)11-20-18(23)21-16(12-22)14-6-4-3-5-7-14/h3-10,16,22H,2,11-12H2,1H3,(H2,20,21,23). The van der Waals surface area contributed by atoms with Crippen molar-refractivity contribution in [1.29, 1.82) is 0 Å². The van der Waals surface area contributed by atoms with Crippen molar-refractivity contribution in [3.05, 3.63) is 65.5 Å². The van der Waals surface area contributed by atoms with Crippen LogP contribution in [0.5, 0.6) is 5.75 Å². The third-order valence-electron chi connectivity index (χ3n) is 3.44. The fraction of sp³-hybridized carbons (Fsp3) is 0.278. The van der Waals surface area contributed by atoms with Gasteiger partial charge in [0.15, 0.2) is 11.6 Å². The van der Waals surface area contributed by atoms with Gasteiger partial charge in [-0.2, -0.15) is 0 Å². The van der Waals surface area contributed by atoms with E-state index in [-0.39, 0.29) is 18.9 Å². The van der Waals surface area contributed by atoms with Crippen molar-refractivity contribution in [3.8, 4) is 5.75 Å². The van der Waals surface area contributed by atoms with Crippen molar-refractivity contribution in [3.63, 3.8) is 0 Å². The summed E-state index contributed by atoms with van der Waals surface area (Å²) < 4.78 is 18.9. The summed E-state index contributed by atoms with van der Waals surface area (Å²) in [5.41, 5.74) is 1.42. The number of ether oxygens (including phenoxy) is 1. The Morgan fingerprint density at radius 1 is 1.25 bits per heavy atom. The van der Waals surface area contributed by atoms with Gasteiger partial charge in [-0.25, -0.2) is 9.18 Å². The largest absolute Gasteiger partial charge is 0.491 e. The molecular formula is C18H21FN2O3. The molecule has 24 heavy (non-hydrogen) atoms. The highest BCUT2D eigenvalue weighted by atomic mass is 19.1. The molecule has 0 saturated carbocycles. The summed E-state index contributed by atoms with van der Waals surface area (Å²) in [6, 6.07) is 12.8. The summed E-state index contributed by atoms with van der Waals surface area (Å²) in [5.74, 6) is -0.274. The Kier molecular flexibility index (Phi) is 6.57. The van der Waals surface area contributed by atoms with Crippen LogP contribution in [-0.4, -0.2) is 24.4 Å². The molecule has 1 unspecified atom stereocenters. The van der Waals surface area contributed by atoms with Crippen LogP contribution in [0.1, 0.15) is 24.1 Å². The minimum Gasteiger partial charge on any atom is -0.491 e. The van der Waals surface area contributed by atoms with E-state index in [2.05, 4.69) is 10.6 Å². The summed E-state index contributed by atoms with van der Waals surface area (Å²) in [5, 5.41) is 14.7. The number of hydrogen-bond donors (Lipinski definition) is 3. The smallest absolute Gasteiger partial charge is 0.315 e. The van der Waals surface area contributed by atoms with Crippen LogP contribution in [0.2, 0.25) is 0 Å². The highest BCUT2D eigenvalue weighted by Gasteiger charge is 2.13. The molecule has 128 valence electrons. The van der Waals surface area contributed by atoms with Crippen LogP contribution in [0.3, 0.4) is 0 Å². The van der Waals surface area contributed by atoms with E-state index in [4.69, 9.17) is 4.74 Å². The number of amides is 2. The molecule has 0 saturated heterocycles. The van der Waals surface area contributed by atoms with Crippen LogP contribution < -0.4 is 15.4 Å². The normalized spacial score (nSPS) is 11.6. The zero-order valence-electron chi connectivity index (χ0n) is 13.5.